The molecule has 0 radical (unpaired) electrons. The standard InChI is InChI=1S/C16H24N2O/c1-4-16(10-11-17-12-16)15(19)18(5-2)14-8-6-13(3)7-9-14/h6-9,17H,4-5,10-12H2,1-3H3. The minimum Gasteiger partial charge on any atom is -0.316 e. The Kier molecular flexibility index (Phi) is 4.25. The van der Waals surface area contributed by atoms with Crippen LogP contribution in [-0.2, 0) is 4.79 Å². The molecule has 0 aliphatic carbocycles. The molecule has 1 aliphatic heterocycles. The predicted molar refractivity (Wildman–Crippen MR) is 79.4 cm³/mol. The van der Waals surface area contributed by atoms with Gasteiger partial charge in [-0.25, -0.2) is 0 Å². The first-order valence-electron chi connectivity index (χ1n) is 7.22. The average molecular weight is 260 g/mol. The van der Waals surface area contributed by atoms with Crippen molar-refractivity contribution in [1.82, 2.24) is 5.32 Å². The lowest BCUT2D eigenvalue weighted by Crippen LogP contribution is -2.45. The maximum absolute atomic E-state index is 12.9. The zero-order valence-corrected chi connectivity index (χ0v) is 12.2. The topological polar surface area (TPSA) is 32.3 Å². The summed E-state index contributed by atoms with van der Waals surface area (Å²) >= 11 is 0. The van der Waals surface area contributed by atoms with Gasteiger partial charge in [0.1, 0.15) is 0 Å². The molecule has 1 aromatic rings. The molecule has 1 unspecified atom stereocenters. The summed E-state index contributed by atoms with van der Waals surface area (Å²) in [4.78, 5) is 14.8. The number of hydrogen-bond acceptors (Lipinski definition) is 2. The summed E-state index contributed by atoms with van der Waals surface area (Å²) in [5.41, 5.74) is 2.03. The number of rotatable bonds is 4. The second-order valence-electron chi connectivity index (χ2n) is 5.45. The number of nitrogens with zero attached hydrogens (tertiary/aromatic N) is 1. The molecule has 1 N–H and O–H groups in total. The van der Waals surface area contributed by atoms with Crippen LogP contribution in [0.4, 0.5) is 5.69 Å². The van der Waals surface area contributed by atoms with Crippen LogP contribution in [0.5, 0.6) is 0 Å². The normalized spacial score (nSPS) is 22.5. The highest BCUT2D eigenvalue weighted by Gasteiger charge is 2.42. The Labute approximate surface area is 116 Å². The number of benzene rings is 1. The Morgan fingerprint density at radius 1 is 1.32 bits per heavy atom. The molecule has 0 aromatic heterocycles. The maximum atomic E-state index is 12.9. The van der Waals surface area contributed by atoms with E-state index in [0.717, 1.165) is 38.2 Å². The van der Waals surface area contributed by atoms with Gasteiger partial charge in [0, 0.05) is 18.8 Å². The predicted octanol–water partition coefficient (Wildman–Crippen LogP) is 2.74. The number of anilines is 1. The molecule has 19 heavy (non-hydrogen) atoms. The lowest BCUT2D eigenvalue weighted by molar-refractivity contribution is -0.127. The van der Waals surface area contributed by atoms with E-state index >= 15 is 0 Å². The number of nitrogens with one attached hydrogen (secondary N) is 1. The monoisotopic (exact) mass is 260 g/mol. The zero-order chi connectivity index (χ0) is 13.9. The van der Waals surface area contributed by atoms with Crippen LogP contribution in [0.3, 0.4) is 0 Å². The molecule has 0 bridgehead atoms. The van der Waals surface area contributed by atoms with Crippen molar-refractivity contribution in [2.45, 2.75) is 33.6 Å². The van der Waals surface area contributed by atoms with Crippen LogP contribution in [0.2, 0.25) is 0 Å². The third kappa shape index (κ3) is 2.66. The quantitative estimate of drug-likeness (QED) is 0.903. The largest absolute Gasteiger partial charge is 0.316 e. The molecule has 0 saturated carbocycles. The van der Waals surface area contributed by atoms with Gasteiger partial charge in [0.25, 0.3) is 0 Å². The molecule has 1 heterocycles. The molecule has 0 spiro atoms. The van der Waals surface area contributed by atoms with Crippen LogP contribution in [0.1, 0.15) is 32.3 Å². The smallest absolute Gasteiger partial charge is 0.234 e. The van der Waals surface area contributed by atoms with Gasteiger partial charge < -0.3 is 10.2 Å². The maximum Gasteiger partial charge on any atom is 0.234 e. The van der Waals surface area contributed by atoms with Gasteiger partial charge in [-0.1, -0.05) is 24.6 Å². The Balaban J connectivity index is 2.26. The lowest BCUT2D eigenvalue weighted by Gasteiger charge is -2.32. The number of hydrogen-bond donors (Lipinski definition) is 1. The molecule has 104 valence electrons. The Hall–Kier alpha value is -1.35. The van der Waals surface area contributed by atoms with Gasteiger partial charge in [-0.15, -0.1) is 0 Å². The first kappa shape index (κ1) is 14.1. The summed E-state index contributed by atoms with van der Waals surface area (Å²) in [6.45, 7) is 8.72. The van der Waals surface area contributed by atoms with E-state index in [4.69, 9.17) is 0 Å². The highest BCUT2D eigenvalue weighted by Crippen LogP contribution is 2.33. The zero-order valence-electron chi connectivity index (χ0n) is 12.2. The average Bonchev–Trinajstić information content (AvgIpc) is 2.91. The van der Waals surface area contributed by atoms with Gasteiger partial charge in [0.05, 0.1) is 5.41 Å². The van der Waals surface area contributed by atoms with E-state index < -0.39 is 0 Å². The van der Waals surface area contributed by atoms with Crippen LogP contribution in [0.25, 0.3) is 0 Å². The Bertz CT molecular complexity index is 433. The Morgan fingerprint density at radius 3 is 2.47 bits per heavy atom. The number of carbonyl (C=O) groups excluding carboxylic acids is 1. The summed E-state index contributed by atoms with van der Waals surface area (Å²) in [6, 6.07) is 8.22. The molecule has 1 atom stereocenters. The minimum atomic E-state index is -0.207. The van der Waals surface area contributed by atoms with Crippen molar-refractivity contribution in [2.75, 3.05) is 24.5 Å². The molecule has 1 aliphatic rings. The van der Waals surface area contributed by atoms with E-state index in [1.807, 2.05) is 24.0 Å². The molecule has 2 rings (SSSR count). The van der Waals surface area contributed by atoms with Crippen LogP contribution < -0.4 is 10.2 Å². The highest BCUT2D eigenvalue weighted by molar-refractivity contribution is 5.98. The first-order valence-corrected chi connectivity index (χ1v) is 7.22. The van der Waals surface area contributed by atoms with Crippen molar-refractivity contribution < 1.29 is 4.79 Å². The highest BCUT2D eigenvalue weighted by atomic mass is 16.2. The second-order valence-corrected chi connectivity index (χ2v) is 5.45. The third-order valence-corrected chi connectivity index (χ3v) is 4.28. The van der Waals surface area contributed by atoms with Crippen LogP contribution in [-0.4, -0.2) is 25.5 Å². The third-order valence-electron chi connectivity index (χ3n) is 4.28. The molecular weight excluding hydrogens is 236 g/mol. The van der Waals surface area contributed by atoms with E-state index in [1.165, 1.54) is 5.56 Å². The number of carbonyl (C=O) groups is 1. The van der Waals surface area contributed by atoms with Crippen molar-refractivity contribution in [3.8, 4) is 0 Å². The summed E-state index contributed by atoms with van der Waals surface area (Å²) in [6.07, 6.45) is 1.85. The van der Waals surface area contributed by atoms with Gasteiger partial charge in [-0.2, -0.15) is 0 Å². The van der Waals surface area contributed by atoms with Crippen molar-refractivity contribution >= 4 is 11.6 Å². The van der Waals surface area contributed by atoms with E-state index in [2.05, 4.69) is 31.3 Å². The fourth-order valence-corrected chi connectivity index (χ4v) is 2.83. The van der Waals surface area contributed by atoms with Gasteiger partial charge in [0.2, 0.25) is 5.91 Å². The van der Waals surface area contributed by atoms with Crippen molar-refractivity contribution in [2.24, 2.45) is 5.41 Å². The van der Waals surface area contributed by atoms with Crippen molar-refractivity contribution in [3.63, 3.8) is 0 Å². The summed E-state index contributed by atoms with van der Waals surface area (Å²) in [7, 11) is 0. The second kappa shape index (κ2) is 5.74. The summed E-state index contributed by atoms with van der Waals surface area (Å²) in [5, 5.41) is 3.34. The van der Waals surface area contributed by atoms with E-state index in [1.54, 1.807) is 0 Å². The van der Waals surface area contributed by atoms with Gasteiger partial charge in [-0.05, 0) is 45.4 Å². The van der Waals surface area contributed by atoms with E-state index in [9.17, 15) is 4.79 Å². The molecule has 1 aromatic carbocycles. The van der Waals surface area contributed by atoms with Crippen LogP contribution in [0.15, 0.2) is 24.3 Å². The van der Waals surface area contributed by atoms with Gasteiger partial charge in [-0.3, -0.25) is 4.79 Å². The van der Waals surface area contributed by atoms with Gasteiger partial charge >= 0.3 is 0 Å². The molecule has 1 amide bonds. The van der Waals surface area contributed by atoms with Crippen molar-refractivity contribution in [3.05, 3.63) is 29.8 Å². The molecular formula is C16H24N2O. The number of amides is 1. The first-order chi connectivity index (χ1) is 9.13. The Morgan fingerprint density at radius 2 is 2.00 bits per heavy atom. The van der Waals surface area contributed by atoms with Crippen molar-refractivity contribution in [1.29, 1.82) is 0 Å². The SMILES string of the molecule is CCN(C(=O)C1(CC)CCNC1)c1ccc(C)cc1. The van der Waals surface area contributed by atoms with Crippen LogP contribution >= 0.6 is 0 Å². The molecule has 3 nitrogen and oxygen atoms in total. The summed E-state index contributed by atoms with van der Waals surface area (Å²) < 4.78 is 0. The molecule has 1 fully saturated rings. The fraction of sp³-hybridized carbons (Fsp3) is 0.562. The van der Waals surface area contributed by atoms with E-state index in [0.29, 0.717) is 0 Å². The van der Waals surface area contributed by atoms with Crippen LogP contribution in [0, 0.1) is 12.3 Å². The van der Waals surface area contributed by atoms with E-state index in [-0.39, 0.29) is 11.3 Å². The number of aryl methyl sites for hydroxylation is 1. The molecule has 3 heteroatoms. The lowest BCUT2D eigenvalue weighted by atomic mass is 9.82. The van der Waals surface area contributed by atoms with Gasteiger partial charge in [0.15, 0.2) is 0 Å². The fourth-order valence-electron chi connectivity index (χ4n) is 2.83. The summed E-state index contributed by atoms with van der Waals surface area (Å²) in [5.74, 6) is 0.270. The minimum absolute atomic E-state index is 0.207. The molecule has 1 saturated heterocycles.